The van der Waals surface area contributed by atoms with Crippen LogP contribution < -0.4 is 20.9 Å². The van der Waals surface area contributed by atoms with E-state index in [9.17, 15) is 33.4 Å². The molecule has 1 aliphatic rings. The summed E-state index contributed by atoms with van der Waals surface area (Å²) in [5.41, 5.74) is 4.90. The van der Waals surface area contributed by atoms with Crippen LogP contribution in [0, 0.1) is 0 Å². The number of benzene rings is 4. The highest BCUT2D eigenvalue weighted by Gasteiger charge is 2.45. The third kappa shape index (κ3) is 13.7. The Balaban J connectivity index is 0.915. The molecule has 20 nitrogen and oxygen atoms in total. The summed E-state index contributed by atoms with van der Waals surface area (Å²) < 4.78 is 58.2. The molecule has 1 saturated heterocycles. The third-order valence-electron chi connectivity index (χ3n) is 10.0. The van der Waals surface area contributed by atoms with Crippen molar-refractivity contribution in [2.75, 3.05) is 75.7 Å². The number of hydrogen-bond donors (Lipinski definition) is 8. The van der Waals surface area contributed by atoms with E-state index in [-0.39, 0.29) is 24.5 Å². The second-order valence-electron chi connectivity index (χ2n) is 14.8. The molecule has 4 aromatic carbocycles. The molecule has 1 fully saturated rings. The van der Waals surface area contributed by atoms with Crippen LogP contribution in [0.3, 0.4) is 0 Å². The van der Waals surface area contributed by atoms with Crippen LogP contribution in [0.25, 0.3) is 10.8 Å². The number of nitrogens with one attached hydrogen (secondary N) is 3. The second kappa shape index (κ2) is 23.0. The minimum atomic E-state index is -4.40. The van der Waals surface area contributed by atoms with E-state index in [4.69, 9.17) is 18.9 Å². The molecule has 0 aliphatic carbocycles. The van der Waals surface area contributed by atoms with Gasteiger partial charge in [0.2, 0.25) is 0 Å². The van der Waals surface area contributed by atoms with Crippen molar-refractivity contribution in [3.8, 4) is 0 Å². The van der Waals surface area contributed by atoms with E-state index < -0.39 is 53.7 Å². The molecule has 1 unspecified atom stereocenters. The SMILES string of the molecule is CN(C)c1ccc(N=Nc2ccc(NCc3cn(CCOCCOC(CCNCCNc4cccc5c(S(=O)(=O)O)cccc45)O[C@@H]4O[C@H](CO)[C@@H](O)[C@H](O)[C@H]4O)nn3)cc2)cc1. The van der Waals surface area contributed by atoms with Crippen molar-refractivity contribution in [2.45, 2.75) is 61.4 Å². The minimum Gasteiger partial charge on any atom is -0.394 e. The Morgan fingerprint density at radius 2 is 1.56 bits per heavy atom. The van der Waals surface area contributed by atoms with Gasteiger partial charge in [0.25, 0.3) is 10.1 Å². The van der Waals surface area contributed by atoms with Crippen molar-refractivity contribution in [3.63, 3.8) is 0 Å². The third-order valence-corrected chi connectivity index (χ3v) is 11.0. The maximum atomic E-state index is 11.9. The number of azo groups is 1. The molecule has 6 atom stereocenters. The van der Waals surface area contributed by atoms with Gasteiger partial charge in [0.15, 0.2) is 12.6 Å². The first-order valence-electron chi connectivity index (χ1n) is 20.4. The highest BCUT2D eigenvalue weighted by Crippen LogP contribution is 2.29. The number of hydrogen-bond acceptors (Lipinski definition) is 18. The zero-order chi connectivity index (χ0) is 44.8. The molecule has 0 spiro atoms. The lowest BCUT2D eigenvalue weighted by atomic mass is 9.99. The monoisotopic (exact) mass is 893 g/mol. The quantitative estimate of drug-likeness (QED) is 0.0191. The zero-order valence-electron chi connectivity index (χ0n) is 35.0. The lowest BCUT2D eigenvalue weighted by molar-refractivity contribution is -0.338. The van der Waals surface area contributed by atoms with Gasteiger partial charge in [0, 0.05) is 68.0 Å². The molecule has 0 radical (unpaired) electrons. The summed E-state index contributed by atoms with van der Waals surface area (Å²) >= 11 is 0. The second-order valence-corrected chi connectivity index (χ2v) is 16.2. The molecule has 0 saturated carbocycles. The van der Waals surface area contributed by atoms with Gasteiger partial charge in [-0.15, -0.1) is 5.10 Å². The van der Waals surface area contributed by atoms with Gasteiger partial charge in [-0.05, 0) is 60.7 Å². The van der Waals surface area contributed by atoms with E-state index in [1.54, 1.807) is 28.9 Å². The predicted molar refractivity (Wildman–Crippen MR) is 234 cm³/mol. The van der Waals surface area contributed by atoms with Crippen LogP contribution in [0.4, 0.5) is 28.4 Å². The first-order valence-corrected chi connectivity index (χ1v) is 21.8. The maximum Gasteiger partial charge on any atom is 0.295 e. The number of anilines is 3. The van der Waals surface area contributed by atoms with Crippen LogP contribution in [0.15, 0.2) is 106 Å². The summed E-state index contributed by atoms with van der Waals surface area (Å²) in [5, 5.41) is 68.6. The Kier molecular flexibility index (Phi) is 17.2. The van der Waals surface area contributed by atoms with E-state index in [1.807, 2.05) is 79.8 Å². The van der Waals surface area contributed by atoms with E-state index >= 15 is 0 Å². The Labute approximate surface area is 365 Å². The fourth-order valence-electron chi connectivity index (χ4n) is 6.61. The van der Waals surface area contributed by atoms with Gasteiger partial charge in [-0.25, -0.2) is 4.68 Å². The van der Waals surface area contributed by atoms with Crippen molar-refractivity contribution in [1.82, 2.24) is 20.3 Å². The van der Waals surface area contributed by atoms with Crippen LogP contribution >= 0.6 is 0 Å². The first-order chi connectivity index (χ1) is 30.4. The number of aliphatic hydroxyl groups excluding tert-OH is 4. The average Bonchev–Trinajstić information content (AvgIpc) is 3.74. The molecule has 5 aromatic rings. The van der Waals surface area contributed by atoms with E-state index in [2.05, 4.69) is 36.5 Å². The summed E-state index contributed by atoms with van der Waals surface area (Å²) in [5.74, 6) is 0. The molecule has 0 bridgehead atoms. The zero-order valence-corrected chi connectivity index (χ0v) is 35.8. The van der Waals surface area contributed by atoms with Crippen molar-refractivity contribution < 1.29 is 52.3 Å². The number of aromatic nitrogens is 3. The summed E-state index contributed by atoms with van der Waals surface area (Å²) in [6.45, 7) is 2.24. The smallest absolute Gasteiger partial charge is 0.295 e. The molecule has 8 N–H and O–H groups in total. The molecular weight excluding hydrogens is 839 g/mol. The van der Waals surface area contributed by atoms with Gasteiger partial charge in [0.05, 0.1) is 57.1 Å². The largest absolute Gasteiger partial charge is 0.394 e. The lowest BCUT2D eigenvalue weighted by Crippen LogP contribution is -2.59. The molecule has 1 aliphatic heterocycles. The molecule has 0 amide bonds. The first kappa shape index (κ1) is 47.3. The fourth-order valence-corrected chi connectivity index (χ4v) is 7.32. The normalized spacial score (nSPS) is 19.7. The van der Waals surface area contributed by atoms with Crippen molar-refractivity contribution in [1.29, 1.82) is 0 Å². The van der Waals surface area contributed by atoms with Crippen LogP contribution in [0.1, 0.15) is 12.1 Å². The number of ether oxygens (including phenoxy) is 4. The highest BCUT2D eigenvalue weighted by atomic mass is 32.2. The topological polar surface area (TPSA) is 267 Å². The highest BCUT2D eigenvalue weighted by molar-refractivity contribution is 7.86. The van der Waals surface area contributed by atoms with Gasteiger partial charge < -0.3 is 60.2 Å². The summed E-state index contributed by atoms with van der Waals surface area (Å²) in [6.07, 6.45) is -6.13. The fraction of sp³-hybridized carbons (Fsp3) is 0.429. The predicted octanol–water partition coefficient (Wildman–Crippen LogP) is 3.04. The van der Waals surface area contributed by atoms with Gasteiger partial charge in [0.1, 0.15) is 35.0 Å². The van der Waals surface area contributed by atoms with E-state index in [1.165, 1.54) is 6.07 Å². The average molecular weight is 894 g/mol. The number of nitrogens with zero attached hydrogens (tertiary/aromatic N) is 6. The summed E-state index contributed by atoms with van der Waals surface area (Å²) in [7, 11) is -0.430. The Morgan fingerprint density at radius 3 is 2.27 bits per heavy atom. The van der Waals surface area contributed by atoms with Crippen LogP contribution in [0.5, 0.6) is 0 Å². The molecular formula is C42H55N9O11S. The Hall–Kier alpha value is -5.17. The van der Waals surface area contributed by atoms with Gasteiger partial charge in [-0.3, -0.25) is 4.55 Å². The van der Waals surface area contributed by atoms with Gasteiger partial charge >= 0.3 is 0 Å². The number of aliphatic hydroxyl groups is 4. The summed E-state index contributed by atoms with van der Waals surface area (Å²) in [6, 6.07) is 25.2. The van der Waals surface area contributed by atoms with Crippen molar-refractivity contribution in [2.24, 2.45) is 10.2 Å². The van der Waals surface area contributed by atoms with Crippen molar-refractivity contribution in [3.05, 3.63) is 96.8 Å². The minimum absolute atomic E-state index is 0.104. The van der Waals surface area contributed by atoms with Crippen LogP contribution in [0.2, 0.25) is 0 Å². The van der Waals surface area contributed by atoms with Gasteiger partial charge in [-0.2, -0.15) is 18.6 Å². The lowest BCUT2D eigenvalue weighted by Gasteiger charge is -2.40. The Morgan fingerprint density at radius 1 is 0.841 bits per heavy atom. The summed E-state index contributed by atoms with van der Waals surface area (Å²) in [4.78, 5) is 1.85. The van der Waals surface area contributed by atoms with Crippen LogP contribution in [-0.4, -0.2) is 146 Å². The van der Waals surface area contributed by atoms with Crippen LogP contribution in [-0.2, 0) is 42.2 Å². The van der Waals surface area contributed by atoms with E-state index in [0.29, 0.717) is 55.8 Å². The van der Waals surface area contributed by atoms with E-state index in [0.717, 1.165) is 28.4 Å². The number of fused-ring (bicyclic) bond motifs is 1. The standard InChI is InChI=1S/C42H55N9O11S/c1-50(2)32-15-13-30(14-16-32)47-46-29-11-9-28(10-12-29)45-25-31-26-51(49-48-31)21-22-59-23-24-60-38(62-42-41(55)40(54)39(53)36(27-52)61-42)17-18-43-19-20-44-35-7-3-6-34-33(35)5-4-8-37(34)63(56,57)58/h3-16,26,36,38-45,52-55H,17-25,27H2,1-2H3,(H,56,57,58)/t36-,38?,39-,40+,41-,42+/m1/s1. The van der Waals surface area contributed by atoms with Gasteiger partial charge in [-0.1, -0.05) is 29.5 Å². The molecule has 21 heteroatoms. The molecule has 340 valence electrons. The van der Waals surface area contributed by atoms with Crippen molar-refractivity contribution >= 4 is 49.3 Å². The maximum absolute atomic E-state index is 11.9. The molecule has 2 heterocycles. The molecule has 6 rings (SSSR count). The number of rotatable bonds is 24. The Bertz CT molecular complexity index is 2320. The molecule has 63 heavy (non-hydrogen) atoms. The molecule has 1 aromatic heterocycles.